The fourth-order valence-electron chi connectivity index (χ4n) is 21.1. The monoisotopic (exact) mass is 1640 g/mol. The summed E-state index contributed by atoms with van der Waals surface area (Å²) in [6, 6.07) is 0. The highest BCUT2D eigenvalue weighted by molar-refractivity contribution is 4.79. The van der Waals surface area contributed by atoms with Gasteiger partial charge in [-0.3, -0.25) is 0 Å². The van der Waals surface area contributed by atoms with E-state index in [1.807, 2.05) is 0 Å². The first-order valence-corrected chi connectivity index (χ1v) is 58.2. The molecule has 0 aromatic rings. The van der Waals surface area contributed by atoms with Crippen molar-refractivity contribution in [2.24, 2.45) is 23.7 Å². The summed E-state index contributed by atoms with van der Waals surface area (Å²) in [5.41, 5.74) is 0. The molecule has 0 fully saturated rings. The second-order valence-electron chi connectivity index (χ2n) is 41.3. The Morgan fingerprint density at radius 2 is 0.171 bits per heavy atom. The van der Waals surface area contributed by atoms with Gasteiger partial charge in [0.15, 0.2) is 0 Å². The lowest BCUT2D eigenvalue weighted by atomic mass is 9.71. The van der Waals surface area contributed by atoms with Crippen LogP contribution in [0.25, 0.3) is 0 Å². The molecule has 704 valence electrons. The minimum absolute atomic E-state index is 0.969. The summed E-state index contributed by atoms with van der Waals surface area (Å²) < 4.78 is 0. The third-order valence-electron chi connectivity index (χ3n) is 29.4. The van der Waals surface area contributed by atoms with Gasteiger partial charge in [-0.2, -0.15) is 0 Å². The summed E-state index contributed by atoms with van der Waals surface area (Å²) in [7, 11) is 0. The molecule has 0 aliphatic rings. The van der Waals surface area contributed by atoms with Gasteiger partial charge in [0.05, 0.1) is 0 Å². The lowest BCUT2D eigenvalue weighted by molar-refractivity contribution is 0.171. The molecule has 0 heterocycles. The van der Waals surface area contributed by atoms with Crippen molar-refractivity contribution in [3.05, 3.63) is 0 Å². The van der Waals surface area contributed by atoms with Gasteiger partial charge in [-0.1, -0.05) is 716 Å². The Morgan fingerprint density at radius 1 is 0.0855 bits per heavy atom. The summed E-state index contributed by atoms with van der Waals surface area (Å²) >= 11 is 0. The first-order valence-electron chi connectivity index (χ1n) is 58.2. The summed E-state index contributed by atoms with van der Waals surface area (Å²) in [6.45, 7) is 14.1. The quantitative estimate of drug-likeness (QED) is 0.0533. The predicted molar refractivity (Wildman–Crippen MR) is 542 cm³/mol. The average Bonchev–Trinajstić information content (AvgIpc) is 0.876. The van der Waals surface area contributed by atoms with Crippen molar-refractivity contribution in [3.63, 3.8) is 0 Å². The maximum absolute atomic E-state index is 2.36. The van der Waals surface area contributed by atoms with Crippen LogP contribution in [0.1, 0.15) is 729 Å². The third-order valence-corrected chi connectivity index (χ3v) is 29.4. The van der Waals surface area contributed by atoms with Crippen LogP contribution in [0.3, 0.4) is 0 Å². The van der Waals surface area contributed by atoms with E-state index in [2.05, 4.69) is 41.5 Å². The average molecular weight is 1640 g/mol. The lowest BCUT2D eigenvalue weighted by Crippen LogP contribution is -2.23. The molecule has 0 saturated carbocycles. The number of hydrogen-bond acceptors (Lipinski definition) is 0. The first kappa shape index (κ1) is 117. The van der Waals surface area contributed by atoms with Crippen LogP contribution < -0.4 is 0 Å². The highest BCUT2D eigenvalue weighted by atomic mass is 14.3. The normalized spacial score (nSPS) is 13.0. The van der Waals surface area contributed by atoms with Gasteiger partial charge < -0.3 is 0 Å². The van der Waals surface area contributed by atoms with Crippen molar-refractivity contribution in [3.8, 4) is 0 Å². The predicted octanol–water partition coefficient (Wildman–Crippen LogP) is 45.3. The van der Waals surface area contributed by atoms with Crippen molar-refractivity contribution >= 4 is 0 Å². The van der Waals surface area contributed by atoms with E-state index in [4.69, 9.17) is 0 Å². The van der Waals surface area contributed by atoms with E-state index in [-0.39, 0.29) is 0 Å². The SMILES string of the molecule is CCCCCCCCCCCCCCCCCCCCC(CCCCCCCCCCCCCCCCC)CC(CC(CCCCCCCCCCCCCCCCCC)CCCCCCCCCCCCCCCCCCCC)C(CCCCCCCCCCCCCCCC)CCCCCCCCCCCCCCCCCCCC. The topological polar surface area (TPSA) is 0 Å². The molecule has 0 aromatic carbocycles. The van der Waals surface area contributed by atoms with E-state index in [1.165, 1.54) is 636 Å². The second kappa shape index (κ2) is 108. The van der Waals surface area contributed by atoms with E-state index in [9.17, 15) is 0 Å². The minimum atomic E-state index is 0.969. The zero-order valence-electron chi connectivity index (χ0n) is 84.0. The van der Waals surface area contributed by atoms with Crippen LogP contribution in [0.15, 0.2) is 0 Å². The number of rotatable bonds is 110. The number of unbranched alkanes of at least 4 members (excludes halogenated alkanes) is 93. The van der Waals surface area contributed by atoms with Gasteiger partial charge in [-0.05, 0) is 36.5 Å². The highest BCUT2D eigenvalue weighted by Gasteiger charge is 2.28. The van der Waals surface area contributed by atoms with Gasteiger partial charge >= 0.3 is 0 Å². The van der Waals surface area contributed by atoms with Crippen LogP contribution in [0.2, 0.25) is 0 Å². The van der Waals surface area contributed by atoms with E-state index in [0.29, 0.717) is 0 Å². The Morgan fingerprint density at radius 3 is 0.274 bits per heavy atom. The molecule has 0 radical (unpaired) electrons. The van der Waals surface area contributed by atoms with Gasteiger partial charge in [0.25, 0.3) is 0 Å². The van der Waals surface area contributed by atoms with Crippen molar-refractivity contribution in [2.45, 2.75) is 729 Å². The van der Waals surface area contributed by atoms with Gasteiger partial charge in [-0.25, -0.2) is 0 Å². The second-order valence-corrected chi connectivity index (χ2v) is 41.3. The van der Waals surface area contributed by atoms with Crippen LogP contribution in [0.4, 0.5) is 0 Å². The largest absolute Gasteiger partial charge is 0.0654 e. The summed E-state index contributed by atoms with van der Waals surface area (Å²) in [5.74, 6) is 3.88. The molecule has 4 atom stereocenters. The maximum Gasteiger partial charge on any atom is -0.0381 e. The number of hydrogen-bond donors (Lipinski definition) is 0. The van der Waals surface area contributed by atoms with Gasteiger partial charge in [0.1, 0.15) is 0 Å². The summed E-state index contributed by atoms with van der Waals surface area (Å²) in [5, 5.41) is 0. The zero-order valence-corrected chi connectivity index (χ0v) is 84.0. The van der Waals surface area contributed by atoms with Gasteiger partial charge in [0, 0.05) is 0 Å². The first-order chi connectivity index (χ1) is 58.2. The van der Waals surface area contributed by atoms with Crippen LogP contribution in [-0.4, -0.2) is 0 Å². The van der Waals surface area contributed by atoms with Crippen LogP contribution >= 0.6 is 0 Å². The lowest BCUT2D eigenvalue weighted by Gasteiger charge is -2.34. The van der Waals surface area contributed by atoms with Crippen LogP contribution in [0.5, 0.6) is 0 Å². The van der Waals surface area contributed by atoms with E-state index >= 15 is 0 Å². The molecule has 0 rings (SSSR count). The fraction of sp³-hybridized carbons (Fsp3) is 1.00. The van der Waals surface area contributed by atoms with E-state index in [1.54, 1.807) is 51.4 Å². The van der Waals surface area contributed by atoms with Crippen LogP contribution in [0, 0.1) is 23.7 Å². The molecule has 0 aliphatic heterocycles. The minimum Gasteiger partial charge on any atom is -0.0654 e. The molecule has 0 aromatic heterocycles. The molecule has 0 N–H and O–H groups in total. The standard InChI is InChI=1S/C117H236/c1-7-13-19-25-31-37-43-49-55-59-62-67-72-78-84-90-96-102-108-114(106-100-94-88-82-76-70-65-53-47-41-35-29-23-17-11-5)112-117(116(110-104-98-92-86-80-74-54-48-42-36-30-24-18-12-6)111-105-99-93-87-81-75-69-64-61-57-51-45-39-33-27-21-15-9-3)113-115(107-101-95-89-83-77-71-66-58-52-46-40-34-28-22-16-10-4)109-103-97-91-85-79-73-68-63-60-56-50-44-38-32-26-20-14-8-2/h114-117H,7-113H2,1-6H3. The van der Waals surface area contributed by atoms with Crippen molar-refractivity contribution in [1.82, 2.24) is 0 Å². The Bertz CT molecular complexity index is 1600. The molecular weight excluding hydrogens is 1410 g/mol. The molecule has 0 heteroatoms. The maximum atomic E-state index is 2.36. The molecule has 0 nitrogen and oxygen atoms in total. The Hall–Kier alpha value is 0. The molecule has 117 heavy (non-hydrogen) atoms. The van der Waals surface area contributed by atoms with E-state index < -0.39 is 0 Å². The summed E-state index contributed by atoms with van der Waals surface area (Å²) in [4.78, 5) is 0. The Labute approximate surface area is 747 Å². The fourth-order valence-corrected chi connectivity index (χ4v) is 21.1. The molecule has 4 unspecified atom stereocenters. The van der Waals surface area contributed by atoms with Gasteiger partial charge in [0.2, 0.25) is 0 Å². The van der Waals surface area contributed by atoms with Gasteiger partial charge in [-0.15, -0.1) is 0 Å². The van der Waals surface area contributed by atoms with E-state index in [0.717, 1.165) is 23.7 Å². The van der Waals surface area contributed by atoms with Crippen molar-refractivity contribution < 1.29 is 0 Å². The molecule has 0 amide bonds. The Balaban J connectivity index is 6.66. The molecule has 0 aliphatic carbocycles. The highest BCUT2D eigenvalue weighted by Crippen LogP contribution is 2.41. The van der Waals surface area contributed by atoms with Crippen molar-refractivity contribution in [1.29, 1.82) is 0 Å². The Kier molecular flexibility index (Phi) is 108. The van der Waals surface area contributed by atoms with Crippen molar-refractivity contribution in [2.75, 3.05) is 0 Å². The van der Waals surface area contributed by atoms with Crippen LogP contribution in [-0.2, 0) is 0 Å². The summed E-state index contributed by atoms with van der Waals surface area (Å²) in [6.07, 6.45) is 160. The molecular formula is C117H236. The smallest absolute Gasteiger partial charge is 0.0381 e. The third kappa shape index (κ3) is 99.6. The molecule has 0 bridgehead atoms. The zero-order chi connectivity index (χ0) is 84.0. The molecule has 0 spiro atoms. The molecule has 0 saturated heterocycles.